The molecule has 0 spiro atoms. The standard InChI is InChI=1S/C24H26ClN5O3S/c1-2-33-24(32)29-9-7-28(8-10-29)22-17(11-16-3-4-18(25)12-20(16)27-22)14-30(19-5-6-19)23(31)21-13-26-15-34-21/h3-4,11-13,15,19H,2,5-10,14H2,1H3. The smallest absolute Gasteiger partial charge is 0.409 e. The Morgan fingerprint density at radius 1 is 1.21 bits per heavy atom. The van der Waals surface area contributed by atoms with Gasteiger partial charge in [-0.1, -0.05) is 17.7 Å². The summed E-state index contributed by atoms with van der Waals surface area (Å²) < 4.78 is 5.15. The molecular weight excluding hydrogens is 474 g/mol. The number of halogens is 1. The maximum atomic E-state index is 13.3. The lowest BCUT2D eigenvalue weighted by Crippen LogP contribution is -2.49. The summed E-state index contributed by atoms with van der Waals surface area (Å²) in [5.41, 5.74) is 3.49. The van der Waals surface area contributed by atoms with Gasteiger partial charge in [-0.25, -0.2) is 9.78 Å². The fourth-order valence-electron chi connectivity index (χ4n) is 4.28. The van der Waals surface area contributed by atoms with E-state index in [2.05, 4.69) is 16.0 Å². The molecule has 1 aliphatic heterocycles. The van der Waals surface area contributed by atoms with Gasteiger partial charge in [-0.3, -0.25) is 9.78 Å². The van der Waals surface area contributed by atoms with Gasteiger partial charge in [0.15, 0.2) is 0 Å². The van der Waals surface area contributed by atoms with Crippen molar-refractivity contribution in [3.63, 3.8) is 0 Å². The van der Waals surface area contributed by atoms with E-state index in [1.807, 2.05) is 30.0 Å². The van der Waals surface area contributed by atoms with E-state index in [9.17, 15) is 9.59 Å². The van der Waals surface area contributed by atoms with Gasteiger partial charge in [0.2, 0.25) is 0 Å². The number of benzene rings is 1. The van der Waals surface area contributed by atoms with Gasteiger partial charge in [0.25, 0.3) is 5.91 Å². The monoisotopic (exact) mass is 499 g/mol. The van der Waals surface area contributed by atoms with Crippen LogP contribution in [0.2, 0.25) is 5.02 Å². The zero-order valence-electron chi connectivity index (χ0n) is 18.9. The summed E-state index contributed by atoms with van der Waals surface area (Å²) in [5, 5.41) is 1.61. The largest absolute Gasteiger partial charge is 0.450 e. The number of fused-ring (bicyclic) bond motifs is 1. The number of hydrogen-bond donors (Lipinski definition) is 0. The fraction of sp³-hybridized carbons (Fsp3) is 0.417. The number of hydrogen-bond acceptors (Lipinski definition) is 7. The molecule has 2 aromatic heterocycles. The Hall–Kier alpha value is -2.91. The second-order valence-electron chi connectivity index (χ2n) is 8.51. The molecule has 2 aliphatic rings. The molecule has 178 valence electrons. The van der Waals surface area contributed by atoms with E-state index < -0.39 is 0 Å². The van der Waals surface area contributed by atoms with E-state index >= 15 is 0 Å². The molecule has 0 N–H and O–H groups in total. The molecule has 1 saturated heterocycles. The Morgan fingerprint density at radius 2 is 2.00 bits per heavy atom. The normalized spacial score (nSPS) is 16.1. The van der Waals surface area contributed by atoms with E-state index in [-0.39, 0.29) is 18.0 Å². The lowest BCUT2D eigenvalue weighted by molar-refractivity contribution is 0.0734. The highest BCUT2D eigenvalue weighted by molar-refractivity contribution is 7.11. The maximum Gasteiger partial charge on any atom is 0.409 e. The van der Waals surface area contributed by atoms with Crippen molar-refractivity contribution in [3.05, 3.63) is 51.4 Å². The minimum absolute atomic E-state index is 0.0132. The first kappa shape index (κ1) is 22.9. The summed E-state index contributed by atoms with van der Waals surface area (Å²) in [4.78, 5) is 41.0. The van der Waals surface area contributed by atoms with Crippen LogP contribution in [0.4, 0.5) is 10.6 Å². The second-order valence-corrected chi connectivity index (χ2v) is 9.83. The first-order chi connectivity index (χ1) is 16.5. The van der Waals surface area contributed by atoms with Crippen LogP contribution in [0.5, 0.6) is 0 Å². The number of piperazine rings is 1. The number of pyridine rings is 1. The van der Waals surface area contributed by atoms with Gasteiger partial charge in [-0.05, 0) is 38.0 Å². The topological polar surface area (TPSA) is 78.9 Å². The van der Waals surface area contributed by atoms with Crippen molar-refractivity contribution >= 4 is 51.7 Å². The SMILES string of the molecule is CCOC(=O)N1CCN(c2nc3cc(Cl)ccc3cc2CN(C(=O)c2cncs2)C2CC2)CC1. The number of amides is 2. The number of rotatable bonds is 6. The quantitative estimate of drug-likeness (QED) is 0.499. The van der Waals surface area contributed by atoms with Gasteiger partial charge in [-0.15, -0.1) is 11.3 Å². The highest BCUT2D eigenvalue weighted by Gasteiger charge is 2.35. The van der Waals surface area contributed by atoms with Crippen LogP contribution in [-0.2, 0) is 11.3 Å². The maximum absolute atomic E-state index is 13.3. The molecular formula is C24H26ClN5O3S. The van der Waals surface area contributed by atoms with Crippen LogP contribution >= 0.6 is 22.9 Å². The van der Waals surface area contributed by atoms with E-state index in [1.165, 1.54) is 11.3 Å². The van der Waals surface area contributed by atoms with Crippen molar-refractivity contribution in [2.75, 3.05) is 37.7 Å². The van der Waals surface area contributed by atoms with Crippen molar-refractivity contribution in [1.82, 2.24) is 19.8 Å². The van der Waals surface area contributed by atoms with Crippen LogP contribution in [0.3, 0.4) is 0 Å². The Morgan fingerprint density at radius 3 is 2.68 bits per heavy atom. The Bertz CT molecular complexity index is 1190. The zero-order chi connectivity index (χ0) is 23.7. The highest BCUT2D eigenvalue weighted by atomic mass is 35.5. The third-order valence-corrected chi connectivity index (χ3v) is 7.17. The van der Waals surface area contributed by atoms with Crippen molar-refractivity contribution < 1.29 is 14.3 Å². The lowest BCUT2D eigenvalue weighted by Gasteiger charge is -2.36. The number of ether oxygens (including phenoxy) is 1. The first-order valence-corrected chi connectivity index (χ1v) is 12.7. The molecule has 34 heavy (non-hydrogen) atoms. The molecule has 1 aromatic carbocycles. The predicted molar refractivity (Wildman–Crippen MR) is 133 cm³/mol. The van der Waals surface area contributed by atoms with Crippen LogP contribution in [0.1, 0.15) is 35.0 Å². The summed E-state index contributed by atoms with van der Waals surface area (Å²) in [6.07, 6.45) is 3.37. The van der Waals surface area contributed by atoms with Crippen molar-refractivity contribution in [2.45, 2.75) is 32.4 Å². The molecule has 0 unspecified atom stereocenters. The minimum Gasteiger partial charge on any atom is -0.450 e. The van der Waals surface area contributed by atoms with Crippen LogP contribution in [0.15, 0.2) is 36.0 Å². The molecule has 2 amide bonds. The molecule has 5 rings (SSSR count). The first-order valence-electron chi connectivity index (χ1n) is 11.5. The van der Waals surface area contributed by atoms with Gasteiger partial charge in [-0.2, -0.15) is 0 Å². The van der Waals surface area contributed by atoms with E-state index in [4.69, 9.17) is 21.3 Å². The summed E-state index contributed by atoms with van der Waals surface area (Å²) in [5.74, 6) is 0.848. The number of aromatic nitrogens is 2. The molecule has 0 bridgehead atoms. The average Bonchev–Trinajstić information content (AvgIpc) is 3.54. The number of thiazole rings is 1. The van der Waals surface area contributed by atoms with Gasteiger partial charge >= 0.3 is 6.09 Å². The molecule has 2 fully saturated rings. The van der Waals surface area contributed by atoms with Crippen LogP contribution in [-0.4, -0.2) is 70.6 Å². The third-order valence-electron chi connectivity index (χ3n) is 6.17. The van der Waals surface area contributed by atoms with Gasteiger partial charge in [0.1, 0.15) is 10.7 Å². The molecule has 0 radical (unpaired) electrons. The summed E-state index contributed by atoms with van der Waals surface area (Å²) in [6, 6.07) is 8.03. The number of carbonyl (C=O) groups excluding carboxylic acids is 2. The molecule has 10 heteroatoms. The van der Waals surface area contributed by atoms with E-state index in [0.29, 0.717) is 49.2 Å². The minimum atomic E-state index is -0.282. The predicted octanol–water partition coefficient (Wildman–Crippen LogP) is 4.43. The van der Waals surface area contributed by atoms with Crippen LogP contribution < -0.4 is 4.90 Å². The van der Waals surface area contributed by atoms with Gasteiger partial charge in [0.05, 0.1) is 23.8 Å². The van der Waals surface area contributed by atoms with Crippen molar-refractivity contribution in [2.24, 2.45) is 0 Å². The van der Waals surface area contributed by atoms with E-state index in [1.54, 1.807) is 16.6 Å². The Kier molecular flexibility index (Phi) is 6.56. The summed E-state index contributed by atoms with van der Waals surface area (Å²) in [7, 11) is 0. The molecule has 8 nitrogen and oxygen atoms in total. The van der Waals surface area contributed by atoms with Gasteiger partial charge < -0.3 is 19.4 Å². The molecule has 0 atom stereocenters. The number of carbonyl (C=O) groups is 2. The molecule has 1 aliphatic carbocycles. The second kappa shape index (κ2) is 9.76. The zero-order valence-corrected chi connectivity index (χ0v) is 20.5. The van der Waals surface area contributed by atoms with Gasteiger partial charge in [0, 0.05) is 54.7 Å². The van der Waals surface area contributed by atoms with Crippen LogP contribution in [0.25, 0.3) is 10.9 Å². The summed E-state index contributed by atoms with van der Waals surface area (Å²) in [6.45, 7) is 5.03. The molecule has 3 aromatic rings. The van der Waals surface area contributed by atoms with Crippen molar-refractivity contribution in [3.8, 4) is 0 Å². The number of anilines is 1. The highest BCUT2D eigenvalue weighted by Crippen LogP contribution is 2.34. The third kappa shape index (κ3) is 4.81. The van der Waals surface area contributed by atoms with E-state index in [0.717, 1.165) is 35.1 Å². The Labute approximate surface area is 207 Å². The molecule has 1 saturated carbocycles. The fourth-order valence-corrected chi connectivity index (χ4v) is 5.02. The van der Waals surface area contributed by atoms with Crippen molar-refractivity contribution in [1.29, 1.82) is 0 Å². The Balaban J connectivity index is 1.46. The average molecular weight is 500 g/mol. The number of nitrogens with zero attached hydrogens (tertiary/aromatic N) is 5. The lowest BCUT2D eigenvalue weighted by atomic mass is 10.1. The van der Waals surface area contributed by atoms with Crippen LogP contribution in [0, 0.1) is 0 Å². The molecule has 3 heterocycles. The summed E-state index contributed by atoms with van der Waals surface area (Å²) >= 11 is 7.61.